The van der Waals surface area contributed by atoms with E-state index in [-0.39, 0.29) is 42.0 Å². The first-order valence-corrected chi connectivity index (χ1v) is 22.6. The molecule has 6 aromatic rings. The van der Waals surface area contributed by atoms with Crippen LogP contribution in [0.1, 0.15) is 128 Å². The van der Waals surface area contributed by atoms with E-state index < -0.39 is 0 Å². The maximum Gasteiger partial charge on any atom is 0.255 e. The van der Waals surface area contributed by atoms with Gasteiger partial charge in [-0.05, 0) is 57.8 Å². The van der Waals surface area contributed by atoms with Crippen molar-refractivity contribution in [3.05, 3.63) is 106 Å². The average Bonchev–Trinajstić information content (AvgIpc) is 4.03. The summed E-state index contributed by atoms with van der Waals surface area (Å²) in [6, 6.07) is -0.560. The first-order valence-electron chi connectivity index (χ1n) is 22.6. The topological polar surface area (TPSA) is 197 Å². The zero-order valence-electron chi connectivity index (χ0n) is 36.6. The molecule has 1 spiro atoms. The third-order valence-corrected chi connectivity index (χ3v) is 14.7. The molecule has 5 fully saturated rings. The van der Waals surface area contributed by atoms with Crippen LogP contribution in [0.3, 0.4) is 0 Å². The van der Waals surface area contributed by atoms with Crippen molar-refractivity contribution in [2.75, 3.05) is 36.0 Å². The van der Waals surface area contributed by atoms with Crippen LogP contribution in [0.4, 0.5) is 11.9 Å². The molecule has 6 aromatic heterocycles. The molecule has 64 heavy (non-hydrogen) atoms. The molecular formula is C45H52N16O3. The number of amides is 2. The molecule has 330 valence electrons. The lowest BCUT2D eigenvalue weighted by molar-refractivity contribution is -0.133. The molecule has 19 heteroatoms. The van der Waals surface area contributed by atoms with Crippen LogP contribution in [0.2, 0.25) is 0 Å². The van der Waals surface area contributed by atoms with E-state index in [9.17, 15) is 9.59 Å². The van der Waals surface area contributed by atoms with Crippen LogP contribution in [0.15, 0.2) is 43.5 Å². The molecule has 2 N–H and O–H groups in total. The predicted molar refractivity (Wildman–Crippen MR) is 232 cm³/mol. The quantitative estimate of drug-likeness (QED) is 0.193. The second kappa shape index (κ2) is 14.8. The molecule has 2 amide bonds. The average molecular weight is 865 g/mol. The van der Waals surface area contributed by atoms with E-state index >= 15 is 0 Å². The lowest BCUT2D eigenvalue weighted by atomic mass is 9.99. The maximum atomic E-state index is 13.8. The molecule has 2 bridgehead atoms. The summed E-state index contributed by atoms with van der Waals surface area (Å²) < 4.78 is 13.5. The molecule has 13 rings (SSSR count). The highest BCUT2D eigenvalue weighted by atomic mass is 16.5. The van der Waals surface area contributed by atoms with E-state index in [0.717, 1.165) is 108 Å². The van der Waals surface area contributed by atoms with Gasteiger partial charge >= 0.3 is 0 Å². The van der Waals surface area contributed by atoms with Crippen molar-refractivity contribution in [3.8, 4) is 0 Å². The normalized spacial score (nSPS) is 23.7. The lowest BCUT2D eigenvalue weighted by Gasteiger charge is -2.47. The van der Waals surface area contributed by atoms with Crippen LogP contribution in [0.5, 0.6) is 0 Å². The largest absolute Gasteiger partial charge is 0.371 e. The summed E-state index contributed by atoms with van der Waals surface area (Å²) in [7, 11) is 4.03. The zero-order valence-corrected chi connectivity index (χ0v) is 36.6. The van der Waals surface area contributed by atoms with Gasteiger partial charge in [0.2, 0.25) is 11.9 Å². The molecule has 3 aliphatic carbocycles. The Bertz CT molecular complexity index is 2820. The summed E-state index contributed by atoms with van der Waals surface area (Å²) in [6.45, 7) is 8.63. The van der Waals surface area contributed by atoms with Gasteiger partial charge in [-0.1, -0.05) is 0 Å². The number of imidazole rings is 2. The molecular weight excluding hydrogens is 813 g/mol. The standard InChI is InChI=1S/C45H52N16O3/c1-25-27(13-46-43(51-25)58-10-9-45(23-58)7-8-45)17-60-19-29(15-49-60)41(62)53-34-5-6-36-37(34)55-40(57(36)4)33-12-35(38-39(33)56(3)24-48-38)54-42(63)30-16-50-61(20-30)18-28-14-47-44(52-26(28)2)59-21-31-11-32(22-59)64-31/h13-16,19-20,24,31-35H,5-12,17-18,21-23H2,1-4H3,(H,53,62)(H,54,63)/t31?,32?,33?,34-,35-/m1/s1. The molecule has 4 saturated heterocycles. The molecule has 0 radical (unpaired) electrons. The molecule has 7 aliphatic rings. The number of hydrogen-bond donors (Lipinski definition) is 2. The van der Waals surface area contributed by atoms with E-state index in [4.69, 9.17) is 29.7 Å². The van der Waals surface area contributed by atoms with Gasteiger partial charge in [-0.2, -0.15) is 10.2 Å². The number of rotatable bonds is 11. The van der Waals surface area contributed by atoms with Gasteiger partial charge in [-0.15, -0.1) is 0 Å². The van der Waals surface area contributed by atoms with Crippen LogP contribution in [0, 0.1) is 19.3 Å². The second-order valence-corrected chi connectivity index (χ2v) is 19.0. The number of anilines is 2. The number of hydrogen-bond acceptors (Lipinski definition) is 13. The van der Waals surface area contributed by atoms with Gasteiger partial charge in [-0.25, -0.2) is 29.9 Å². The van der Waals surface area contributed by atoms with Crippen LogP contribution in [0.25, 0.3) is 0 Å². The van der Waals surface area contributed by atoms with Crippen molar-refractivity contribution in [1.29, 1.82) is 0 Å². The minimum atomic E-state index is -0.321. The van der Waals surface area contributed by atoms with Crippen LogP contribution >= 0.6 is 0 Å². The Morgan fingerprint density at radius 3 is 2.00 bits per heavy atom. The van der Waals surface area contributed by atoms with Crippen LogP contribution in [-0.2, 0) is 38.3 Å². The van der Waals surface area contributed by atoms with E-state index in [1.165, 1.54) is 19.3 Å². The smallest absolute Gasteiger partial charge is 0.255 e. The van der Waals surface area contributed by atoms with E-state index in [2.05, 4.69) is 40.2 Å². The maximum absolute atomic E-state index is 13.8. The Morgan fingerprint density at radius 2 is 1.39 bits per heavy atom. The van der Waals surface area contributed by atoms with Crippen molar-refractivity contribution < 1.29 is 14.3 Å². The third kappa shape index (κ3) is 6.82. The summed E-state index contributed by atoms with van der Waals surface area (Å²) in [5.41, 5.74) is 9.03. The number of aryl methyl sites for hydroxylation is 3. The van der Waals surface area contributed by atoms with Gasteiger partial charge in [0.1, 0.15) is 5.82 Å². The van der Waals surface area contributed by atoms with Crippen LogP contribution < -0.4 is 20.4 Å². The SMILES string of the molecule is Cc1nc(N2CC3CC(C2)O3)ncc1Cn1cc(C(=O)N[C@@H]2CC(c3nc4c(n3C)CC[C@H]4NC(=O)c3cnn(Cc4cnc(N5CCC6(CC6)C5)nc4C)c3)c3c2ncn3C)cn1. The Balaban J connectivity index is 0.689. The fourth-order valence-corrected chi connectivity index (χ4v) is 10.7. The van der Waals surface area contributed by atoms with Crippen molar-refractivity contribution >= 4 is 23.7 Å². The van der Waals surface area contributed by atoms with E-state index in [1.54, 1.807) is 40.5 Å². The first-order chi connectivity index (χ1) is 31.0. The number of ether oxygens (including phenoxy) is 1. The lowest BCUT2D eigenvalue weighted by Crippen LogP contribution is -2.57. The summed E-state index contributed by atoms with van der Waals surface area (Å²) in [5, 5.41) is 15.5. The van der Waals surface area contributed by atoms with E-state index in [1.807, 2.05) is 44.9 Å². The Hall–Kier alpha value is -6.50. The monoisotopic (exact) mass is 864 g/mol. The summed E-state index contributed by atoms with van der Waals surface area (Å²) >= 11 is 0. The van der Waals surface area contributed by atoms with Crippen molar-refractivity contribution in [2.45, 2.75) is 102 Å². The Kier molecular flexibility index (Phi) is 9.04. The van der Waals surface area contributed by atoms with Gasteiger partial charge < -0.3 is 34.3 Å². The molecule has 1 saturated carbocycles. The fraction of sp³-hybridized carbons (Fsp3) is 0.511. The van der Waals surface area contributed by atoms with Gasteiger partial charge in [-0.3, -0.25) is 19.0 Å². The van der Waals surface area contributed by atoms with Gasteiger partial charge in [0.05, 0.1) is 90.2 Å². The summed E-state index contributed by atoms with van der Waals surface area (Å²) in [4.78, 5) is 60.9. The van der Waals surface area contributed by atoms with Crippen molar-refractivity contribution in [2.24, 2.45) is 19.5 Å². The summed E-state index contributed by atoms with van der Waals surface area (Å²) in [6.07, 6.45) is 20.0. The Labute approximate surface area is 369 Å². The first kappa shape index (κ1) is 39.1. The number of aromatic nitrogens is 12. The molecule has 3 unspecified atom stereocenters. The number of carbonyl (C=O) groups is 2. The highest BCUT2D eigenvalue weighted by Gasteiger charge is 2.48. The summed E-state index contributed by atoms with van der Waals surface area (Å²) in [5.74, 6) is 1.90. The fourth-order valence-electron chi connectivity index (χ4n) is 10.7. The van der Waals surface area contributed by atoms with E-state index in [0.29, 0.717) is 36.1 Å². The van der Waals surface area contributed by atoms with Gasteiger partial charge in [0.15, 0.2) is 0 Å². The number of morpholine rings is 1. The Morgan fingerprint density at radius 1 is 0.766 bits per heavy atom. The predicted octanol–water partition coefficient (Wildman–Crippen LogP) is 3.23. The van der Waals surface area contributed by atoms with Gasteiger partial charge in [0.25, 0.3) is 11.8 Å². The highest BCUT2D eigenvalue weighted by Crippen LogP contribution is 2.53. The molecule has 19 nitrogen and oxygen atoms in total. The number of nitrogens with one attached hydrogen (secondary N) is 2. The van der Waals surface area contributed by atoms with Gasteiger partial charge in [0, 0.05) is 99.7 Å². The van der Waals surface area contributed by atoms with Crippen LogP contribution in [-0.4, -0.2) is 109 Å². The highest BCUT2D eigenvalue weighted by molar-refractivity contribution is 5.94. The number of carbonyl (C=O) groups excluding carboxylic acids is 2. The number of piperidine rings is 1. The minimum absolute atomic E-state index is 0.110. The molecule has 4 aliphatic heterocycles. The molecule has 5 atom stereocenters. The zero-order chi connectivity index (χ0) is 43.4. The number of fused-ring (bicyclic) bond motifs is 4. The van der Waals surface area contributed by atoms with Crippen molar-refractivity contribution in [3.63, 3.8) is 0 Å². The third-order valence-electron chi connectivity index (χ3n) is 14.7. The minimum Gasteiger partial charge on any atom is -0.371 e. The molecule has 0 aromatic carbocycles. The second-order valence-electron chi connectivity index (χ2n) is 19.0. The number of nitrogens with zero attached hydrogens (tertiary/aromatic N) is 14. The van der Waals surface area contributed by atoms with Crippen molar-refractivity contribution in [1.82, 2.24) is 69.2 Å². The molecule has 10 heterocycles.